The number of carbonyl (C=O) groups excluding carboxylic acids is 2. The molecule has 3 aromatic rings. The molecule has 4 nitrogen and oxygen atoms in total. The summed E-state index contributed by atoms with van der Waals surface area (Å²) in [5, 5.41) is 4.11. The van der Waals surface area contributed by atoms with E-state index >= 15 is 0 Å². The van der Waals surface area contributed by atoms with Gasteiger partial charge >= 0.3 is 5.97 Å². The van der Waals surface area contributed by atoms with Gasteiger partial charge in [-0.1, -0.05) is 71.4 Å². The number of carbonyl (C=O) groups is 2. The maximum Gasteiger partial charge on any atom is 0.365 e. The summed E-state index contributed by atoms with van der Waals surface area (Å²) in [7, 11) is 0. The van der Waals surface area contributed by atoms with Crippen LogP contribution in [0.3, 0.4) is 0 Å². The Balaban J connectivity index is 1.75. The van der Waals surface area contributed by atoms with Crippen molar-refractivity contribution in [2.24, 2.45) is 5.16 Å². The van der Waals surface area contributed by atoms with Crippen molar-refractivity contribution >= 4 is 17.5 Å². The number of rotatable bonds is 2. The minimum Gasteiger partial charge on any atom is -0.312 e. The summed E-state index contributed by atoms with van der Waals surface area (Å²) < 4.78 is 0. The van der Waals surface area contributed by atoms with Crippen LogP contribution in [0, 0.1) is 6.92 Å². The monoisotopic (exact) mass is 341 g/mol. The fourth-order valence-corrected chi connectivity index (χ4v) is 2.99. The summed E-state index contributed by atoms with van der Waals surface area (Å²) in [6.07, 6.45) is 0. The first-order valence-electron chi connectivity index (χ1n) is 8.24. The normalized spacial score (nSPS) is 12.2. The molecular weight excluding hydrogens is 326 g/mol. The summed E-state index contributed by atoms with van der Waals surface area (Å²) in [4.78, 5) is 30.2. The highest BCUT2D eigenvalue weighted by molar-refractivity contribution is 6.30. The second-order valence-corrected chi connectivity index (χ2v) is 6.10. The van der Waals surface area contributed by atoms with Crippen LogP contribution in [0.4, 0.5) is 0 Å². The van der Waals surface area contributed by atoms with Crippen LogP contribution in [0.1, 0.15) is 43.0 Å². The largest absolute Gasteiger partial charge is 0.365 e. The van der Waals surface area contributed by atoms with E-state index in [2.05, 4.69) is 5.16 Å². The molecule has 0 unspecified atom stereocenters. The zero-order chi connectivity index (χ0) is 18.1. The van der Waals surface area contributed by atoms with Crippen LogP contribution in [-0.4, -0.2) is 17.5 Å². The van der Waals surface area contributed by atoms with Gasteiger partial charge in [0.05, 0.1) is 5.56 Å². The number of aryl methyl sites for hydroxylation is 1. The molecule has 0 saturated heterocycles. The van der Waals surface area contributed by atoms with Crippen molar-refractivity contribution in [3.63, 3.8) is 0 Å². The third-order valence-electron chi connectivity index (χ3n) is 4.36. The minimum absolute atomic E-state index is 0.0555. The van der Waals surface area contributed by atoms with Crippen molar-refractivity contribution in [3.05, 3.63) is 106 Å². The fraction of sp³-hybridized carbons (Fsp3) is 0.0455. The fourth-order valence-electron chi connectivity index (χ4n) is 2.99. The lowest BCUT2D eigenvalue weighted by Gasteiger charge is -2.19. The van der Waals surface area contributed by atoms with Gasteiger partial charge in [0.25, 0.3) is 0 Å². The second-order valence-electron chi connectivity index (χ2n) is 6.10. The van der Waals surface area contributed by atoms with Gasteiger partial charge in [0, 0.05) is 22.3 Å². The van der Waals surface area contributed by atoms with E-state index in [1.54, 1.807) is 36.4 Å². The van der Waals surface area contributed by atoms with Gasteiger partial charge in [-0.15, -0.1) is 0 Å². The van der Waals surface area contributed by atoms with Crippen molar-refractivity contribution in [1.29, 1.82) is 0 Å². The van der Waals surface area contributed by atoms with E-state index in [0.717, 1.165) is 5.56 Å². The molecule has 4 heteroatoms. The van der Waals surface area contributed by atoms with Gasteiger partial charge in [-0.3, -0.25) is 4.79 Å². The Hall–Kier alpha value is -3.53. The van der Waals surface area contributed by atoms with Gasteiger partial charge in [0.2, 0.25) is 0 Å². The first-order valence-corrected chi connectivity index (χ1v) is 8.24. The van der Waals surface area contributed by atoms with Crippen molar-refractivity contribution in [2.75, 3.05) is 0 Å². The molecule has 0 amide bonds. The van der Waals surface area contributed by atoms with Crippen molar-refractivity contribution in [1.82, 2.24) is 0 Å². The van der Waals surface area contributed by atoms with Crippen LogP contribution in [0.5, 0.6) is 0 Å². The summed E-state index contributed by atoms with van der Waals surface area (Å²) in [5.74, 6) is -0.593. The third kappa shape index (κ3) is 2.71. The Kier molecular flexibility index (Phi) is 3.93. The Morgan fingerprint density at radius 2 is 1.27 bits per heavy atom. The lowest BCUT2D eigenvalue weighted by Crippen LogP contribution is -2.22. The van der Waals surface area contributed by atoms with E-state index in [9.17, 15) is 9.59 Å². The molecule has 4 rings (SSSR count). The van der Waals surface area contributed by atoms with E-state index in [0.29, 0.717) is 33.5 Å². The lowest BCUT2D eigenvalue weighted by molar-refractivity contribution is 0.0517. The standard InChI is InChI=1S/C22H15NO3/c1-14-10-12-15(13-11-14)22(25)26-23-20-16-6-2-4-8-18(16)21(24)19-9-5-3-7-17(19)20/h2-13H,1H3. The van der Waals surface area contributed by atoms with Crippen molar-refractivity contribution in [2.45, 2.75) is 6.92 Å². The first-order chi connectivity index (χ1) is 12.6. The second kappa shape index (κ2) is 6.41. The average molecular weight is 341 g/mol. The molecule has 0 spiro atoms. The van der Waals surface area contributed by atoms with E-state index < -0.39 is 5.97 Å². The smallest absolute Gasteiger partial charge is 0.312 e. The average Bonchev–Trinajstić information content (AvgIpc) is 2.68. The summed E-state index contributed by atoms with van der Waals surface area (Å²) in [6, 6.07) is 21.5. The van der Waals surface area contributed by atoms with Gasteiger partial charge in [-0.25, -0.2) is 4.79 Å². The van der Waals surface area contributed by atoms with E-state index in [1.165, 1.54) is 0 Å². The van der Waals surface area contributed by atoms with Crippen molar-refractivity contribution in [3.8, 4) is 0 Å². The summed E-state index contributed by atoms with van der Waals surface area (Å²) >= 11 is 0. The highest BCUT2D eigenvalue weighted by Crippen LogP contribution is 2.27. The van der Waals surface area contributed by atoms with Crippen LogP contribution >= 0.6 is 0 Å². The molecule has 0 bridgehead atoms. The van der Waals surface area contributed by atoms with Crippen LogP contribution < -0.4 is 0 Å². The summed E-state index contributed by atoms with van der Waals surface area (Å²) in [5.41, 5.74) is 4.39. The molecule has 26 heavy (non-hydrogen) atoms. The zero-order valence-corrected chi connectivity index (χ0v) is 14.1. The maximum atomic E-state index is 12.7. The highest BCUT2D eigenvalue weighted by atomic mass is 16.7. The van der Waals surface area contributed by atoms with Gasteiger partial charge in [-0.2, -0.15) is 0 Å². The molecule has 0 heterocycles. The minimum atomic E-state index is -0.538. The number of nitrogens with zero attached hydrogens (tertiary/aromatic N) is 1. The number of fused-ring (bicyclic) bond motifs is 2. The number of oxime groups is 1. The van der Waals surface area contributed by atoms with Crippen LogP contribution in [0.25, 0.3) is 0 Å². The molecule has 126 valence electrons. The van der Waals surface area contributed by atoms with Gasteiger partial charge in [0.1, 0.15) is 5.71 Å². The summed E-state index contributed by atoms with van der Waals surface area (Å²) in [6.45, 7) is 1.95. The van der Waals surface area contributed by atoms with E-state index in [-0.39, 0.29) is 5.78 Å². The van der Waals surface area contributed by atoms with E-state index in [1.807, 2.05) is 43.3 Å². The third-order valence-corrected chi connectivity index (χ3v) is 4.36. The predicted octanol–water partition coefficient (Wildman–Crippen LogP) is 4.15. The molecular formula is C22H15NO3. The Morgan fingerprint density at radius 1 is 0.769 bits per heavy atom. The Labute approximate surface area is 150 Å². The first kappa shape index (κ1) is 16.0. The Morgan fingerprint density at radius 3 is 1.81 bits per heavy atom. The molecule has 0 aromatic heterocycles. The van der Waals surface area contributed by atoms with Gasteiger partial charge in [-0.05, 0) is 19.1 Å². The molecule has 3 aromatic carbocycles. The molecule has 0 fully saturated rings. The maximum absolute atomic E-state index is 12.7. The molecule has 1 aliphatic carbocycles. The van der Waals surface area contributed by atoms with Crippen LogP contribution in [-0.2, 0) is 4.84 Å². The van der Waals surface area contributed by atoms with E-state index in [4.69, 9.17) is 4.84 Å². The molecule has 0 radical (unpaired) electrons. The predicted molar refractivity (Wildman–Crippen MR) is 98.6 cm³/mol. The lowest BCUT2D eigenvalue weighted by atomic mass is 9.84. The Bertz CT molecular complexity index is 997. The van der Waals surface area contributed by atoms with Gasteiger partial charge < -0.3 is 4.84 Å². The zero-order valence-electron chi connectivity index (χ0n) is 14.1. The quantitative estimate of drug-likeness (QED) is 0.406. The number of benzene rings is 3. The van der Waals surface area contributed by atoms with Crippen molar-refractivity contribution < 1.29 is 14.4 Å². The molecule has 0 aliphatic heterocycles. The number of hydrogen-bond acceptors (Lipinski definition) is 4. The van der Waals surface area contributed by atoms with Gasteiger partial charge in [0.15, 0.2) is 5.78 Å². The topological polar surface area (TPSA) is 55.7 Å². The van der Waals surface area contributed by atoms with Crippen LogP contribution in [0.15, 0.2) is 78.0 Å². The molecule has 1 aliphatic rings. The molecule has 0 saturated carbocycles. The van der Waals surface area contributed by atoms with Crippen LogP contribution in [0.2, 0.25) is 0 Å². The molecule has 0 N–H and O–H groups in total. The number of ketones is 1. The number of hydrogen-bond donors (Lipinski definition) is 0. The SMILES string of the molecule is Cc1ccc(C(=O)ON=C2c3ccccc3C(=O)c3ccccc32)cc1. The highest BCUT2D eigenvalue weighted by Gasteiger charge is 2.28. The molecule has 0 atom stereocenters.